The van der Waals surface area contributed by atoms with Crippen molar-refractivity contribution in [2.75, 3.05) is 0 Å². The molecule has 0 unspecified atom stereocenters. The summed E-state index contributed by atoms with van der Waals surface area (Å²) in [4.78, 5) is 0. The molecule has 2 aromatic rings. The number of quaternary nitrogens is 1. The smallest absolute Gasteiger partial charge is 0.271 e. The zero-order valence-corrected chi connectivity index (χ0v) is 10.1. The summed E-state index contributed by atoms with van der Waals surface area (Å²) in [6.45, 7) is 0.515. The summed E-state index contributed by atoms with van der Waals surface area (Å²) in [5, 5.41) is 7.77. The van der Waals surface area contributed by atoms with E-state index in [1.165, 1.54) is 0 Å². The van der Waals surface area contributed by atoms with Gasteiger partial charge in [-0.1, -0.05) is 22.0 Å². The molecule has 1 aromatic heterocycles. The van der Waals surface area contributed by atoms with E-state index in [0.29, 0.717) is 18.3 Å². The van der Waals surface area contributed by atoms with Crippen molar-refractivity contribution >= 4 is 15.9 Å². The molecule has 15 heavy (non-hydrogen) atoms. The third kappa shape index (κ3) is 2.77. The molecule has 80 valence electrons. The fraction of sp³-hybridized carbons (Fsp3) is 0.111. The third-order valence-corrected chi connectivity index (χ3v) is 2.25. The number of aromatic nitrogens is 2. The van der Waals surface area contributed by atoms with Crippen molar-refractivity contribution < 1.29 is 22.6 Å². The summed E-state index contributed by atoms with van der Waals surface area (Å²) in [6.07, 6.45) is 0. The lowest BCUT2D eigenvalue weighted by molar-refractivity contribution is -0.391. The van der Waals surface area contributed by atoms with Crippen molar-refractivity contribution in [1.82, 2.24) is 10.2 Å². The van der Waals surface area contributed by atoms with E-state index in [1.54, 1.807) is 0 Å². The van der Waals surface area contributed by atoms with Crippen LogP contribution in [0.5, 0.6) is 0 Å². The molecule has 0 spiro atoms. The standard InChI is InChI=1S/C9H8BrN3O.ClH/c10-7-3-1-2-6(4-7)9-13-12-8(5-11)14-9;/h1-4H,5,11H2;1H. The first-order valence-electron chi connectivity index (χ1n) is 4.17. The van der Waals surface area contributed by atoms with Gasteiger partial charge in [-0.3, -0.25) is 0 Å². The summed E-state index contributed by atoms with van der Waals surface area (Å²) < 4.78 is 6.36. The molecule has 4 nitrogen and oxygen atoms in total. The van der Waals surface area contributed by atoms with E-state index >= 15 is 0 Å². The molecule has 0 atom stereocenters. The van der Waals surface area contributed by atoms with Gasteiger partial charge in [0, 0.05) is 10.0 Å². The monoisotopic (exact) mass is 289 g/mol. The van der Waals surface area contributed by atoms with E-state index in [2.05, 4.69) is 31.9 Å². The average molecular weight is 291 g/mol. The summed E-state index contributed by atoms with van der Waals surface area (Å²) in [5.41, 5.74) is 4.58. The first-order chi connectivity index (χ1) is 6.79. The van der Waals surface area contributed by atoms with E-state index in [9.17, 15) is 0 Å². The molecule has 0 bridgehead atoms. The number of hydrogen-bond acceptors (Lipinski definition) is 3. The van der Waals surface area contributed by atoms with Gasteiger partial charge in [-0.25, -0.2) is 0 Å². The summed E-state index contributed by atoms with van der Waals surface area (Å²) in [6, 6.07) is 7.72. The van der Waals surface area contributed by atoms with Crippen molar-refractivity contribution in [3.05, 3.63) is 34.6 Å². The predicted molar refractivity (Wildman–Crippen MR) is 54.0 cm³/mol. The molecule has 0 radical (unpaired) electrons. The number of nitrogens with zero attached hydrogens (tertiary/aromatic N) is 2. The van der Waals surface area contributed by atoms with E-state index < -0.39 is 0 Å². The molecule has 0 amide bonds. The zero-order chi connectivity index (χ0) is 9.97. The molecular weight excluding hydrogens is 281 g/mol. The van der Waals surface area contributed by atoms with Gasteiger partial charge in [-0.15, -0.1) is 10.2 Å². The lowest BCUT2D eigenvalue weighted by Crippen LogP contribution is -3.00. The van der Waals surface area contributed by atoms with Crippen LogP contribution in [-0.4, -0.2) is 10.2 Å². The molecule has 0 saturated carbocycles. The zero-order valence-electron chi connectivity index (χ0n) is 7.78. The topological polar surface area (TPSA) is 66.6 Å². The van der Waals surface area contributed by atoms with Crippen molar-refractivity contribution in [2.24, 2.45) is 0 Å². The van der Waals surface area contributed by atoms with Gasteiger partial charge in [0.25, 0.3) is 5.89 Å². The highest BCUT2D eigenvalue weighted by atomic mass is 79.9. The van der Waals surface area contributed by atoms with Crippen LogP contribution in [0.1, 0.15) is 5.89 Å². The third-order valence-electron chi connectivity index (χ3n) is 1.75. The highest BCUT2D eigenvalue weighted by Gasteiger charge is 2.07. The molecule has 0 aliphatic heterocycles. The fourth-order valence-corrected chi connectivity index (χ4v) is 1.49. The van der Waals surface area contributed by atoms with Gasteiger partial charge in [0.1, 0.15) is 0 Å². The number of rotatable bonds is 2. The van der Waals surface area contributed by atoms with Crippen LogP contribution < -0.4 is 18.1 Å². The van der Waals surface area contributed by atoms with Crippen molar-refractivity contribution in [3.63, 3.8) is 0 Å². The molecule has 6 heteroatoms. The first kappa shape index (κ1) is 12.2. The molecule has 0 saturated heterocycles. The Hall–Kier alpha value is -0.910. The second-order valence-electron chi connectivity index (χ2n) is 2.76. The Balaban J connectivity index is 0.00000112. The maximum Gasteiger partial charge on any atom is 0.271 e. The average Bonchev–Trinajstić information content (AvgIpc) is 2.66. The molecule has 0 aliphatic carbocycles. The van der Waals surface area contributed by atoms with Crippen molar-refractivity contribution in [1.29, 1.82) is 0 Å². The Labute approximate surface area is 101 Å². The van der Waals surface area contributed by atoms with Gasteiger partial charge in [0.15, 0.2) is 6.54 Å². The van der Waals surface area contributed by atoms with Gasteiger partial charge in [-0.2, -0.15) is 0 Å². The minimum atomic E-state index is 0. The highest BCUT2D eigenvalue weighted by Crippen LogP contribution is 2.21. The van der Waals surface area contributed by atoms with Crippen molar-refractivity contribution in [2.45, 2.75) is 6.54 Å². The molecule has 2 rings (SSSR count). The number of benzene rings is 1. The van der Waals surface area contributed by atoms with Crippen LogP contribution in [0.25, 0.3) is 11.5 Å². The van der Waals surface area contributed by atoms with Crippen LogP contribution in [0.4, 0.5) is 0 Å². The molecule has 1 aromatic carbocycles. The Kier molecular flexibility index (Phi) is 4.26. The predicted octanol–water partition coefficient (Wildman–Crippen LogP) is -1.75. The second kappa shape index (κ2) is 5.25. The van der Waals surface area contributed by atoms with Crippen LogP contribution in [0.2, 0.25) is 0 Å². The van der Waals surface area contributed by atoms with Crippen LogP contribution in [-0.2, 0) is 6.54 Å². The first-order valence-corrected chi connectivity index (χ1v) is 4.96. The lowest BCUT2D eigenvalue weighted by Gasteiger charge is -1.94. The van der Waals surface area contributed by atoms with E-state index in [4.69, 9.17) is 4.42 Å². The molecule has 3 N–H and O–H groups in total. The Bertz CT molecular complexity index is 446. The van der Waals surface area contributed by atoms with Gasteiger partial charge in [-0.05, 0) is 18.2 Å². The SMILES string of the molecule is [Cl-].[NH3+]Cc1nnc(-c2cccc(Br)c2)o1. The van der Waals surface area contributed by atoms with Crippen LogP contribution >= 0.6 is 15.9 Å². The normalized spacial score (nSPS) is 9.73. The Morgan fingerprint density at radius 1 is 1.33 bits per heavy atom. The minimum absolute atomic E-state index is 0. The Morgan fingerprint density at radius 3 is 2.73 bits per heavy atom. The van der Waals surface area contributed by atoms with E-state index in [1.807, 2.05) is 24.3 Å². The summed E-state index contributed by atoms with van der Waals surface area (Å²) in [7, 11) is 0. The van der Waals surface area contributed by atoms with Crippen LogP contribution in [0.15, 0.2) is 33.2 Å². The van der Waals surface area contributed by atoms with Crippen LogP contribution in [0, 0.1) is 0 Å². The molecule has 1 heterocycles. The van der Waals surface area contributed by atoms with E-state index in [0.717, 1.165) is 10.0 Å². The largest absolute Gasteiger partial charge is 1.00 e. The summed E-state index contributed by atoms with van der Waals surface area (Å²) in [5.74, 6) is 1.09. The lowest BCUT2D eigenvalue weighted by atomic mass is 10.2. The van der Waals surface area contributed by atoms with Gasteiger partial charge in [0.05, 0.1) is 0 Å². The maximum absolute atomic E-state index is 5.37. The second-order valence-corrected chi connectivity index (χ2v) is 3.68. The fourth-order valence-electron chi connectivity index (χ4n) is 1.09. The van der Waals surface area contributed by atoms with Gasteiger partial charge >= 0.3 is 0 Å². The van der Waals surface area contributed by atoms with E-state index in [-0.39, 0.29) is 12.4 Å². The van der Waals surface area contributed by atoms with Gasteiger partial charge < -0.3 is 22.6 Å². The highest BCUT2D eigenvalue weighted by molar-refractivity contribution is 9.10. The molecule has 0 fully saturated rings. The van der Waals surface area contributed by atoms with Crippen LogP contribution in [0.3, 0.4) is 0 Å². The maximum atomic E-state index is 5.37. The number of halogens is 2. The number of hydrogen-bond donors (Lipinski definition) is 1. The van der Waals surface area contributed by atoms with Gasteiger partial charge in [0.2, 0.25) is 5.89 Å². The quantitative estimate of drug-likeness (QED) is 0.713. The van der Waals surface area contributed by atoms with Crippen molar-refractivity contribution in [3.8, 4) is 11.5 Å². The minimum Gasteiger partial charge on any atom is -1.00 e. The Morgan fingerprint density at radius 2 is 2.13 bits per heavy atom. The summed E-state index contributed by atoms with van der Waals surface area (Å²) >= 11 is 3.38. The molecule has 0 aliphatic rings. The molecular formula is C9H9BrClN3O.